The second-order valence-corrected chi connectivity index (χ2v) is 6.42. The average Bonchev–Trinajstić information content (AvgIpc) is 2.59. The Morgan fingerprint density at radius 1 is 1.04 bits per heavy atom. The Morgan fingerprint density at radius 3 is 2.09 bits per heavy atom. The van der Waals surface area contributed by atoms with Crippen molar-refractivity contribution in [2.45, 2.75) is 20.3 Å². The molecule has 1 saturated heterocycles. The number of rotatable bonds is 6. The van der Waals surface area contributed by atoms with Crippen molar-refractivity contribution in [3.63, 3.8) is 0 Å². The van der Waals surface area contributed by atoms with Crippen LogP contribution in [-0.2, 0) is 0 Å². The zero-order valence-electron chi connectivity index (χ0n) is 14.7. The van der Waals surface area contributed by atoms with Gasteiger partial charge in [0.25, 0.3) is 5.91 Å². The zero-order valence-corrected chi connectivity index (χ0v) is 14.7. The molecule has 1 aromatic carbocycles. The Bertz CT molecular complexity index is 501. The topological polar surface area (TPSA) is 42.0 Å². The summed E-state index contributed by atoms with van der Waals surface area (Å²) < 4.78 is 10.5. The van der Waals surface area contributed by atoms with Gasteiger partial charge in [0.2, 0.25) is 0 Å². The number of ether oxygens (including phenoxy) is 2. The fourth-order valence-electron chi connectivity index (χ4n) is 2.73. The van der Waals surface area contributed by atoms with Gasteiger partial charge >= 0.3 is 0 Å². The van der Waals surface area contributed by atoms with E-state index in [0.717, 1.165) is 38.6 Å². The predicted octanol–water partition coefficient (Wildman–Crippen LogP) is 2.51. The maximum absolute atomic E-state index is 12.7. The van der Waals surface area contributed by atoms with Crippen molar-refractivity contribution < 1.29 is 14.3 Å². The molecular weight excluding hydrogens is 292 g/mol. The summed E-state index contributed by atoms with van der Waals surface area (Å²) in [4.78, 5) is 17.1. The van der Waals surface area contributed by atoms with Crippen LogP contribution in [0.5, 0.6) is 11.5 Å². The van der Waals surface area contributed by atoms with Crippen molar-refractivity contribution in [1.82, 2.24) is 9.80 Å². The van der Waals surface area contributed by atoms with E-state index in [4.69, 9.17) is 9.47 Å². The molecule has 1 aromatic rings. The fraction of sp³-hybridized carbons (Fsp3) is 0.611. The van der Waals surface area contributed by atoms with Gasteiger partial charge < -0.3 is 14.4 Å². The molecule has 1 aliphatic rings. The second kappa shape index (κ2) is 8.20. The maximum atomic E-state index is 12.7. The van der Waals surface area contributed by atoms with Gasteiger partial charge in [-0.25, -0.2) is 0 Å². The van der Waals surface area contributed by atoms with E-state index in [-0.39, 0.29) is 5.91 Å². The van der Waals surface area contributed by atoms with E-state index in [1.165, 1.54) is 6.42 Å². The van der Waals surface area contributed by atoms with Gasteiger partial charge in [0.05, 0.1) is 14.2 Å². The summed E-state index contributed by atoms with van der Waals surface area (Å²) in [5.74, 6) is 2.05. The number of carbonyl (C=O) groups is 1. The van der Waals surface area contributed by atoms with Crippen molar-refractivity contribution in [1.29, 1.82) is 0 Å². The Hall–Kier alpha value is -1.75. The molecule has 23 heavy (non-hydrogen) atoms. The summed E-state index contributed by atoms with van der Waals surface area (Å²) in [5.41, 5.74) is 0.622. The molecular formula is C18H28N2O3. The van der Waals surface area contributed by atoms with Gasteiger partial charge in [-0.15, -0.1) is 0 Å². The standard InChI is InChI=1S/C18H28N2O3/c1-14(2)5-6-19-7-9-20(10-8-19)18(21)15-11-16(22-3)13-17(12-15)23-4/h11-14H,5-10H2,1-4H3. The second-order valence-electron chi connectivity index (χ2n) is 6.42. The molecule has 0 spiro atoms. The van der Waals surface area contributed by atoms with Gasteiger partial charge in [-0.2, -0.15) is 0 Å². The number of hydrogen-bond donors (Lipinski definition) is 0. The number of amides is 1. The van der Waals surface area contributed by atoms with Crippen molar-refractivity contribution >= 4 is 5.91 Å². The minimum atomic E-state index is 0.0470. The van der Waals surface area contributed by atoms with Crippen molar-refractivity contribution in [3.8, 4) is 11.5 Å². The lowest BCUT2D eigenvalue weighted by molar-refractivity contribution is 0.0631. The highest BCUT2D eigenvalue weighted by atomic mass is 16.5. The molecule has 2 rings (SSSR count). The first-order chi connectivity index (χ1) is 11.0. The Morgan fingerprint density at radius 2 is 1.61 bits per heavy atom. The largest absolute Gasteiger partial charge is 0.497 e. The summed E-state index contributed by atoms with van der Waals surface area (Å²) in [6.45, 7) is 9.05. The van der Waals surface area contributed by atoms with Crippen LogP contribution >= 0.6 is 0 Å². The predicted molar refractivity (Wildman–Crippen MR) is 91.3 cm³/mol. The Balaban J connectivity index is 1.97. The summed E-state index contributed by atoms with van der Waals surface area (Å²) in [6.07, 6.45) is 1.21. The highest BCUT2D eigenvalue weighted by Gasteiger charge is 2.23. The number of benzene rings is 1. The van der Waals surface area contributed by atoms with Gasteiger partial charge in [0.15, 0.2) is 0 Å². The van der Waals surface area contributed by atoms with Crippen molar-refractivity contribution in [2.24, 2.45) is 5.92 Å². The van der Waals surface area contributed by atoms with Crippen molar-refractivity contribution in [3.05, 3.63) is 23.8 Å². The van der Waals surface area contributed by atoms with Crippen LogP contribution in [0.3, 0.4) is 0 Å². The zero-order chi connectivity index (χ0) is 16.8. The van der Waals surface area contributed by atoms with E-state index in [0.29, 0.717) is 17.1 Å². The molecule has 5 nitrogen and oxygen atoms in total. The third kappa shape index (κ3) is 4.86. The fourth-order valence-corrected chi connectivity index (χ4v) is 2.73. The van der Waals surface area contributed by atoms with Gasteiger partial charge in [0, 0.05) is 37.8 Å². The van der Waals surface area contributed by atoms with Crippen LogP contribution in [0.4, 0.5) is 0 Å². The van der Waals surface area contributed by atoms with Crippen LogP contribution in [0.25, 0.3) is 0 Å². The van der Waals surface area contributed by atoms with E-state index in [1.54, 1.807) is 32.4 Å². The van der Waals surface area contributed by atoms with E-state index in [2.05, 4.69) is 18.7 Å². The molecule has 0 N–H and O–H groups in total. The molecule has 5 heteroatoms. The van der Waals surface area contributed by atoms with Crippen molar-refractivity contribution in [2.75, 3.05) is 46.9 Å². The number of nitrogens with zero attached hydrogens (tertiary/aromatic N) is 2. The molecule has 1 aliphatic heterocycles. The smallest absolute Gasteiger partial charge is 0.254 e. The molecule has 0 radical (unpaired) electrons. The normalized spacial score (nSPS) is 15.8. The SMILES string of the molecule is COc1cc(OC)cc(C(=O)N2CCN(CCC(C)C)CC2)c1. The third-order valence-electron chi connectivity index (χ3n) is 4.28. The molecule has 1 heterocycles. The maximum Gasteiger partial charge on any atom is 0.254 e. The quantitative estimate of drug-likeness (QED) is 0.808. The lowest BCUT2D eigenvalue weighted by Crippen LogP contribution is -2.49. The molecule has 0 atom stereocenters. The molecule has 0 aromatic heterocycles. The summed E-state index contributed by atoms with van der Waals surface area (Å²) >= 11 is 0. The van der Waals surface area contributed by atoms with Crippen LogP contribution in [0.15, 0.2) is 18.2 Å². The Kier molecular flexibility index (Phi) is 6.28. The monoisotopic (exact) mass is 320 g/mol. The van der Waals surface area contributed by atoms with Gasteiger partial charge in [0.1, 0.15) is 11.5 Å². The summed E-state index contributed by atoms with van der Waals surface area (Å²) in [7, 11) is 3.19. The first kappa shape index (κ1) is 17.6. The highest BCUT2D eigenvalue weighted by molar-refractivity contribution is 5.95. The van der Waals surface area contributed by atoms with E-state index < -0.39 is 0 Å². The van der Waals surface area contributed by atoms with Crippen LogP contribution in [-0.4, -0.2) is 62.7 Å². The molecule has 0 aliphatic carbocycles. The first-order valence-corrected chi connectivity index (χ1v) is 8.28. The van der Waals surface area contributed by atoms with Gasteiger partial charge in [-0.05, 0) is 31.0 Å². The van der Waals surface area contributed by atoms with E-state index in [9.17, 15) is 4.79 Å². The lowest BCUT2D eigenvalue weighted by atomic mass is 10.1. The Labute approximate surface area is 139 Å². The molecule has 0 bridgehead atoms. The molecule has 0 unspecified atom stereocenters. The van der Waals surface area contributed by atoms with Crippen LogP contribution in [0.2, 0.25) is 0 Å². The highest BCUT2D eigenvalue weighted by Crippen LogP contribution is 2.23. The number of carbonyl (C=O) groups excluding carboxylic acids is 1. The van der Waals surface area contributed by atoms with Crippen LogP contribution in [0.1, 0.15) is 30.6 Å². The molecule has 0 saturated carbocycles. The first-order valence-electron chi connectivity index (χ1n) is 8.28. The molecule has 1 fully saturated rings. The minimum absolute atomic E-state index is 0.0470. The molecule has 1 amide bonds. The summed E-state index contributed by atoms with van der Waals surface area (Å²) in [6, 6.07) is 5.33. The summed E-state index contributed by atoms with van der Waals surface area (Å²) in [5, 5.41) is 0. The van der Waals surface area contributed by atoms with E-state index >= 15 is 0 Å². The molecule has 128 valence electrons. The van der Waals surface area contributed by atoms with Crippen LogP contribution < -0.4 is 9.47 Å². The van der Waals surface area contributed by atoms with Gasteiger partial charge in [-0.1, -0.05) is 13.8 Å². The van der Waals surface area contributed by atoms with E-state index in [1.807, 2.05) is 4.90 Å². The van der Waals surface area contributed by atoms with Crippen LogP contribution in [0, 0.1) is 5.92 Å². The average molecular weight is 320 g/mol. The third-order valence-corrected chi connectivity index (χ3v) is 4.28. The van der Waals surface area contributed by atoms with Gasteiger partial charge in [-0.3, -0.25) is 9.69 Å². The lowest BCUT2D eigenvalue weighted by Gasteiger charge is -2.35. The number of methoxy groups -OCH3 is 2. The number of hydrogen-bond acceptors (Lipinski definition) is 4. The number of piperazine rings is 1. The minimum Gasteiger partial charge on any atom is -0.497 e.